The van der Waals surface area contributed by atoms with Crippen molar-refractivity contribution in [1.29, 1.82) is 0 Å². The van der Waals surface area contributed by atoms with Crippen molar-refractivity contribution >= 4 is 21.8 Å². The van der Waals surface area contributed by atoms with E-state index in [4.69, 9.17) is 0 Å². The first kappa shape index (κ1) is 14.2. The van der Waals surface area contributed by atoms with Crippen LogP contribution in [0.2, 0.25) is 0 Å². The van der Waals surface area contributed by atoms with E-state index in [1.54, 1.807) is 11.7 Å². The Hall–Kier alpha value is -0.880. The number of aryl methyl sites for hydroxylation is 2. The lowest BCUT2D eigenvalue weighted by molar-refractivity contribution is 0.0942. The van der Waals surface area contributed by atoms with Gasteiger partial charge in [0.1, 0.15) is 5.69 Å². The first-order valence-electron chi connectivity index (χ1n) is 5.55. The minimum atomic E-state index is -0.0845. The molecule has 0 aliphatic heterocycles. The zero-order valence-corrected chi connectivity index (χ0v) is 12.3. The Morgan fingerprint density at radius 3 is 2.65 bits per heavy atom. The highest BCUT2D eigenvalue weighted by Crippen LogP contribution is 2.19. The van der Waals surface area contributed by atoms with Crippen LogP contribution < -0.4 is 5.32 Å². The molecule has 0 saturated heterocycles. The number of carbonyl (C=O) groups is 1. The van der Waals surface area contributed by atoms with Crippen LogP contribution in [0.4, 0.5) is 0 Å². The first-order chi connectivity index (χ1) is 7.93. The molecule has 0 fully saturated rings. The number of halogens is 1. The molecular weight excluding hydrogens is 284 g/mol. The van der Waals surface area contributed by atoms with Crippen molar-refractivity contribution < 1.29 is 4.79 Å². The fourth-order valence-electron chi connectivity index (χ4n) is 1.56. The van der Waals surface area contributed by atoms with Crippen molar-refractivity contribution in [1.82, 2.24) is 20.0 Å². The summed E-state index contributed by atoms with van der Waals surface area (Å²) >= 11 is 3.38. The molecule has 1 heterocycles. The van der Waals surface area contributed by atoms with Gasteiger partial charge in [0.2, 0.25) is 0 Å². The predicted octanol–water partition coefficient (Wildman–Crippen LogP) is 1.17. The van der Waals surface area contributed by atoms with Crippen LogP contribution >= 0.6 is 15.9 Å². The van der Waals surface area contributed by atoms with Gasteiger partial charge < -0.3 is 10.2 Å². The monoisotopic (exact) mass is 302 g/mol. The summed E-state index contributed by atoms with van der Waals surface area (Å²) in [6.45, 7) is 3.51. The molecule has 0 saturated carbocycles. The van der Waals surface area contributed by atoms with Crippen LogP contribution in [0.1, 0.15) is 22.6 Å². The van der Waals surface area contributed by atoms with Crippen LogP contribution in [0.25, 0.3) is 0 Å². The van der Waals surface area contributed by atoms with Gasteiger partial charge in [-0.15, -0.1) is 0 Å². The van der Waals surface area contributed by atoms with Crippen LogP contribution in [0.15, 0.2) is 4.47 Å². The number of rotatable bonds is 5. The Balaban J connectivity index is 2.53. The summed E-state index contributed by atoms with van der Waals surface area (Å²) in [5.41, 5.74) is 1.40. The molecule has 96 valence electrons. The van der Waals surface area contributed by atoms with E-state index in [9.17, 15) is 4.79 Å². The van der Waals surface area contributed by atoms with Gasteiger partial charge in [0.15, 0.2) is 0 Å². The summed E-state index contributed by atoms with van der Waals surface area (Å²) in [5, 5.41) is 7.08. The number of nitrogens with zero attached hydrogens (tertiary/aromatic N) is 3. The van der Waals surface area contributed by atoms with Gasteiger partial charge in [-0.05, 0) is 49.9 Å². The quantitative estimate of drug-likeness (QED) is 0.831. The molecule has 6 heteroatoms. The first-order valence-corrected chi connectivity index (χ1v) is 6.34. The van der Waals surface area contributed by atoms with Crippen LogP contribution in [0.3, 0.4) is 0 Å². The third-order valence-corrected chi connectivity index (χ3v) is 3.38. The molecule has 1 rings (SSSR count). The van der Waals surface area contributed by atoms with Gasteiger partial charge in [-0.2, -0.15) is 5.10 Å². The van der Waals surface area contributed by atoms with Gasteiger partial charge in [-0.25, -0.2) is 0 Å². The highest BCUT2D eigenvalue weighted by molar-refractivity contribution is 9.10. The molecule has 0 atom stereocenters. The number of hydrogen-bond acceptors (Lipinski definition) is 3. The second-order valence-corrected chi connectivity index (χ2v) is 5.08. The molecule has 0 aromatic carbocycles. The van der Waals surface area contributed by atoms with E-state index in [0.717, 1.165) is 23.1 Å². The van der Waals surface area contributed by atoms with E-state index in [0.29, 0.717) is 12.2 Å². The summed E-state index contributed by atoms with van der Waals surface area (Å²) in [5.74, 6) is -0.0845. The van der Waals surface area contributed by atoms with Gasteiger partial charge in [-0.1, -0.05) is 0 Å². The number of hydrogen-bond donors (Lipinski definition) is 1. The Morgan fingerprint density at radius 2 is 2.18 bits per heavy atom. The molecule has 1 amide bonds. The SMILES string of the molecule is Cc1nn(C)c(C(=O)NCCCN(C)C)c1Br. The summed E-state index contributed by atoms with van der Waals surface area (Å²) in [6, 6.07) is 0. The third-order valence-electron chi connectivity index (χ3n) is 2.43. The average Bonchev–Trinajstić information content (AvgIpc) is 2.48. The molecule has 17 heavy (non-hydrogen) atoms. The van der Waals surface area contributed by atoms with Crippen LogP contribution in [-0.4, -0.2) is 47.8 Å². The molecule has 0 unspecified atom stereocenters. The Morgan fingerprint density at radius 1 is 1.53 bits per heavy atom. The minimum absolute atomic E-state index is 0.0845. The van der Waals surface area contributed by atoms with Gasteiger partial charge in [0.05, 0.1) is 10.2 Å². The molecule has 1 N–H and O–H groups in total. The lowest BCUT2D eigenvalue weighted by Crippen LogP contribution is -2.28. The molecule has 0 bridgehead atoms. The Labute approximate surface area is 110 Å². The predicted molar refractivity (Wildman–Crippen MR) is 71.1 cm³/mol. The van der Waals surface area contributed by atoms with E-state index < -0.39 is 0 Å². The van der Waals surface area contributed by atoms with Gasteiger partial charge in [0.25, 0.3) is 5.91 Å². The van der Waals surface area contributed by atoms with Crippen LogP contribution in [0, 0.1) is 6.92 Å². The summed E-state index contributed by atoms with van der Waals surface area (Å²) < 4.78 is 2.37. The average molecular weight is 303 g/mol. The standard InChI is InChI=1S/C11H19BrN4O/c1-8-9(12)10(16(4)14-8)11(17)13-6-5-7-15(2)3/h5-7H2,1-4H3,(H,13,17). The van der Waals surface area contributed by atoms with E-state index in [1.807, 2.05) is 21.0 Å². The zero-order valence-electron chi connectivity index (χ0n) is 10.7. The van der Waals surface area contributed by atoms with E-state index in [2.05, 4.69) is 31.2 Å². The Kier molecular flexibility index (Phi) is 5.14. The van der Waals surface area contributed by atoms with E-state index in [-0.39, 0.29) is 5.91 Å². The van der Waals surface area contributed by atoms with Crippen molar-refractivity contribution in [3.8, 4) is 0 Å². The highest BCUT2D eigenvalue weighted by atomic mass is 79.9. The van der Waals surface area contributed by atoms with E-state index in [1.165, 1.54) is 0 Å². The molecule has 0 radical (unpaired) electrons. The maximum Gasteiger partial charge on any atom is 0.270 e. The fourth-order valence-corrected chi connectivity index (χ4v) is 2.08. The van der Waals surface area contributed by atoms with Crippen molar-refractivity contribution in [2.24, 2.45) is 7.05 Å². The van der Waals surface area contributed by atoms with Gasteiger partial charge in [-0.3, -0.25) is 9.48 Å². The fraction of sp³-hybridized carbons (Fsp3) is 0.636. The molecule has 0 aliphatic carbocycles. The topological polar surface area (TPSA) is 50.2 Å². The van der Waals surface area contributed by atoms with Crippen LogP contribution in [0.5, 0.6) is 0 Å². The van der Waals surface area contributed by atoms with Crippen molar-refractivity contribution in [3.63, 3.8) is 0 Å². The van der Waals surface area contributed by atoms with Crippen molar-refractivity contribution in [2.75, 3.05) is 27.2 Å². The van der Waals surface area contributed by atoms with Crippen LogP contribution in [-0.2, 0) is 7.05 Å². The third kappa shape index (κ3) is 3.81. The molecule has 0 aliphatic rings. The number of aromatic nitrogens is 2. The molecule has 5 nitrogen and oxygen atoms in total. The maximum absolute atomic E-state index is 11.9. The van der Waals surface area contributed by atoms with Crippen molar-refractivity contribution in [3.05, 3.63) is 15.9 Å². The molecular formula is C11H19BrN4O. The minimum Gasteiger partial charge on any atom is -0.351 e. The normalized spacial score (nSPS) is 10.9. The van der Waals surface area contributed by atoms with Gasteiger partial charge >= 0.3 is 0 Å². The lowest BCUT2D eigenvalue weighted by atomic mass is 10.3. The van der Waals surface area contributed by atoms with E-state index >= 15 is 0 Å². The summed E-state index contributed by atoms with van der Waals surface area (Å²) in [4.78, 5) is 14.0. The number of amides is 1. The maximum atomic E-state index is 11.9. The number of carbonyl (C=O) groups excluding carboxylic acids is 1. The van der Waals surface area contributed by atoms with Gasteiger partial charge in [0, 0.05) is 13.6 Å². The lowest BCUT2D eigenvalue weighted by Gasteiger charge is -2.10. The Bertz CT molecular complexity index is 400. The second kappa shape index (κ2) is 6.16. The van der Waals surface area contributed by atoms with Crippen molar-refractivity contribution in [2.45, 2.75) is 13.3 Å². The largest absolute Gasteiger partial charge is 0.351 e. The number of nitrogens with one attached hydrogen (secondary N) is 1. The molecule has 0 spiro atoms. The summed E-state index contributed by atoms with van der Waals surface area (Å²) in [6.07, 6.45) is 0.938. The molecule has 1 aromatic heterocycles. The zero-order chi connectivity index (χ0) is 13.0. The highest BCUT2D eigenvalue weighted by Gasteiger charge is 2.17. The summed E-state index contributed by atoms with van der Waals surface area (Å²) in [7, 11) is 5.80. The molecule has 1 aromatic rings. The smallest absolute Gasteiger partial charge is 0.270 e. The second-order valence-electron chi connectivity index (χ2n) is 4.28.